The van der Waals surface area contributed by atoms with E-state index >= 15 is 0 Å². The Balaban J connectivity index is 2.57. The smallest absolute Gasteiger partial charge is 0.142 e. The number of ether oxygens (including phenoxy) is 1. The van der Waals surface area contributed by atoms with Crippen LogP contribution in [0, 0.1) is 0 Å². The maximum absolute atomic E-state index is 9.32. The van der Waals surface area contributed by atoms with Crippen molar-refractivity contribution in [2.24, 2.45) is 0 Å². The van der Waals surface area contributed by atoms with Crippen molar-refractivity contribution in [3.05, 3.63) is 23.8 Å². The third-order valence-corrected chi connectivity index (χ3v) is 3.91. The largest absolute Gasteiger partial charge is 0.495 e. The Bertz CT molecular complexity index is 429. The third-order valence-electron chi connectivity index (χ3n) is 3.91. The average molecular weight is 249 g/mol. The highest BCUT2D eigenvalue weighted by Gasteiger charge is 2.37. The molecule has 1 aromatic rings. The number of anilines is 1. The highest BCUT2D eigenvalue weighted by Crippen LogP contribution is 2.47. The minimum atomic E-state index is 0.0454. The Morgan fingerprint density at radius 3 is 2.78 bits per heavy atom. The van der Waals surface area contributed by atoms with Crippen molar-refractivity contribution < 1.29 is 9.84 Å². The fraction of sp³-hybridized carbons (Fsp3) is 0.600. The van der Waals surface area contributed by atoms with Crippen molar-refractivity contribution in [2.45, 2.75) is 38.6 Å². The molecule has 3 heteroatoms. The van der Waals surface area contributed by atoms with Crippen LogP contribution in [0.5, 0.6) is 5.75 Å². The molecule has 0 bridgehead atoms. The van der Waals surface area contributed by atoms with Gasteiger partial charge in [0.2, 0.25) is 0 Å². The standard InChI is InChI=1S/C15H23NO2/c1-11-10-15(2,3)16(8-9-17)14-12(11)6-5-7-13(14)18-4/h5-7,11,17H,8-10H2,1-4H3. The molecule has 0 saturated heterocycles. The number of methoxy groups -OCH3 is 1. The minimum Gasteiger partial charge on any atom is -0.495 e. The van der Waals surface area contributed by atoms with E-state index in [1.807, 2.05) is 12.1 Å². The lowest BCUT2D eigenvalue weighted by Crippen LogP contribution is -2.49. The van der Waals surface area contributed by atoms with Crippen molar-refractivity contribution in [3.8, 4) is 5.75 Å². The number of hydrogen-bond donors (Lipinski definition) is 1. The van der Waals surface area contributed by atoms with Crippen LogP contribution in [-0.4, -0.2) is 30.9 Å². The van der Waals surface area contributed by atoms with Gasteiger partial charge in [0.25, 0.3) is 0 Å². The number of aliphatic hydroxyl groups is 1. The number of aliphatic hydroxyl groups excluding tert-OH is 1. The van der Waals surface area contributed by atoms with E-state index in [1.54, 1.807) is 7.11 Å². The number of fused-ring (bicyclic) bond motifs is 1. The van der Waals surface area contributed by atoms with Gasteiger partial charge in [-0.1, -0.05) is 19.1 Å². The van der Waals surface area contributed by atoms with E-state index in [4.69, 9.17) is 4.74 Å². The van der Waals surface area contributed by atoms with E-state index in [2.05, 4.69) is 31.7 Å². The topological polar surface area (TPSA) is 32.7 Å². The Morgan fingerprint density at radius 1 is 1.44 bits per heavy atom. The monoisotopic (exact) mass is 249 g/mol. The number of benzene rings is 1. The second kappa shape index (κ2) is 4.81. The molecule has 1 aliphatic heterocycles. The van der Waals surface area contributed by atoms with Crippen LogP contribution in [0.4, 0.5) is 5.69 Å². The van der Waals surface area contributed by atoms with Crippen LogP contribution in [-0.2, 0) is 0 Å². The van der Waals surface area contributed by atoms with Crippen LogP contribution < -0.4 is 9.64 Å². The van der Waals surface area contributed by atoms with Crippen molar-refractivity contribution >= 4 is 5.69 Å². The van der Waals surface area contributed by atoms with Crippen molar-refractivity contribution in [1.29, 1.82) is 0 Å². The molecule has 1 aromatic carbocycles. The maximum Gasteiger partial charge on any atom is 0.142 e. The van der Waals surface area contributed by atoms with E-state index in [-0.39, 0.29) is 12.1 Å². The summed E-state index contributed by atoms with van der Waals surface area (Å²) in [5.74, 6) is 1.42. The summed E-state index contributed by atoms with van der Waals surface area (Å²) in [6.45, 7) is 7.53. The summed E-state index contributed by atoms with van der Waals surface area (Å²) in [6.07, 6.45) is 1.09. The molecule has 0 aromatic heterocycles. The molecule has 3 nitrogen and oxygen atoms in total. The second-order valence-electron chi connectivity index (χ2n) is 5.69. The molecular formula is C15H23NO2. The van der Waals surface area contributed by atoms with E-state index in [9.17, 15) is 5.11 Å². The Morgan fingerprint density at radius 2 is 2.17 bits per heavy atom. The third kappa shape index (κ3) is 2.07. The SMILES string of the molecule is COc1cccc2c1N(CCO)C(C)(C)CC2C. The number of rotatable bonds is 3. The Hall–Kier alpha value is -1.22. The fourth-order valence-corrected chi connectivity index (χ4v) is 3.18. The predicted octanol–water partition coefficient (Wildman–Crippen LogP) is 2.78. The molecule has 1 N–H and O–H groups in total. The molecule has 1 atom stereocenters. The quantitative estimate of drug-likeness (QED) is 0.894. The van der Waals surface area contributed by atoms with Gasteiger partial charge in [-0.3, -0.25) is 0 Å². The molecule has 1 aliphatic rings. The van der Waals surface area contributed by atoms with Gasteiger partial charge in [0.05, 0.1) is 19.4 Å². The van der Waals surface area contributed by atoms with Crippen molar-refractivity contribution in [1.82, 2.24) is 0 Å². The summed E-state index contributed by atoms with van der Waals surface area (Å²) in [5.41, 5.74) is 2.52. The van der Waals surface area contributed by atoms with Gasteiger partial charge in [-0.15, -0.1) is 0 Å². The van der Waals surface area contributed by atoms with E-state index in [0.29, 0.717) is 12.5 Å². The first-order valence-corrected chi connectivity index (χ1v) is 6.56. The molecule has 1 unspecified atom stereocenters. The number of hydrogen-bond acceptors (Lipinski definition) is 3. The first kappa shape index (κ1) is 13.2. The van der Waals surface area contributed by atoms with E-state index in [1.165, 1.54) is 5.56 Å². The second-order valence-corrected chi connectivity index (χ2v) is 5.69. The van der Waals surface area contributed by atoms with Crippen LogP contribution in [0.25, 0.3) is 0 Å². The molecule has 0 saturated carbocycles. The van der Waals surface area contributed by atoms with Gasteiger partial charge in [-0.25, -0.2) is 0 Å². The number of nitrogens with zero attached hydrogens (tertiary/aromatic N) is 1. The summed E-state index contributed by atoms with van der Waals surface area (Å²) in [5, 5.41) is 9.32. The zero-order chi connectivity index (χ0) is 13.3. The van der Waals surface area contributed by atoms with Crippen LogP contribution >= 0.6 is 0 Å². The molecule has 1 heterocycles. The molecule has 2 rings (SSSR count). The van der Waals surface area contributed by atoms with Crippen LogP contribution in [0.2, 0.25) is 0 Å². The highest BCUT2D eigenvalue weighted by molar-refractivity contribution is 5.68. The number of para-hydroxylation sites is 1. The summed E-state index contributed by atoms with van der Waals surface area (Å²) >= 11 is 0. The van der Waals surface area contributed by atoms with Crippen LogP contribution in [0.1, 0.15) is 38.7 Å². The lowest BCUT2D eigenvalue weighted by molar-refractivity contribution is 0.275. The van der Waals surface area contributed by atoms with Gasteiger partial charge in [0, 0.05) is 12.1 Å². The number of β-amino-alcohol motifs (C(OH)–C–C–N with tert-alkyl or cyclic N) is 1. The first-order valence-electron chi connectivity index (χ1n) is 6.56. The maximum atomic E-state index is 9.32. The summed E-state index contributed by atoms with van der Waals surface area (Å²) in [6, 6.07) is 6.21. The van der Waals surface area contributed by atoms with E-state index in [0.717, 1.165) is 17.9 Å². The molecule has 0 radical (unpaired) electrons. The molecule has 0 aliphatic carbocycles. The lowest BCUT2D eigenvalue weighted by atomic mass is 9.80. The summed E-state index contributed by atoms with van der Waals surface area (Å²) < 4.78 is 5.51. The highest BCUT2D eigenvalue weighted by atomic mass is 16.5. The zero-order valence-corrected chi connectivity index (χ0v) is 11.7. The lowest BCUT2D eigenvalue weighted by Gasteiger charge is -2.47. The van der Waals surface area contributed by atoms with Crippen molar-refractivity contribution in [3.63, 3.8) is 0 Å². The Kier molecular flexibility index (Phi) is 3.53. The predicted molar refractivity (Wildman–Crippen MR) is 74.5 cm³/mol. The molecule has 0 spiro atoms. The van der Waals surface area contributed by atoms with Gasteiger partial charge < -0.3 is 14.7 Å². The normalized spacial score (nSPS) is 21.6. The summed E-state index contributed by atoms with van der Waals surface area (Å²) in [4.78, 5) is 2.28. The van der Waals surface area contributed by atoms with Crippen LogP contribution in [0.15, 0.2) is 18.2 Å². The van der Waals surface area contributed by atoms with Gasteiger partial charge in [0.1, 0.15) is 5.75 Å². The zero-order valence-electron chi connectivity index (χ0n) is 11.7. The molecule has 0 fully saturated rings. The molecule has 0 amide bonds. The van der Waals surface area contributed by atoms with Crippen LogP contribution in [0.3, 0.4) is 0 Å². The van der Waals surface area contributed by atoms with E-state index < -0.39 is 0 Å². The molecule has 18 heavy (non-hydrogen) atoms. The van der Waals surface area contributed by atoms with Gasteiger partial charge in [-0.05, 0) is 37.8 Å². The molecular weight excluding hydrogens is 226 g/mol. The first-order chi connectivity index (χ1) is 8.51. The minimum absolute atomic E-state index is 0.0454. The average Bonchev–Trinajstić information content (AvgIpc) is 2.33. The summed E-state index contributed by atoms with van der Waals surface area (Å²) in [7, 11) is 1.71. The Labute approximate surface area is 109 Å². The van der Waals surface area contributed by atoms with Gasteiger partial charge in [-0.2, -0.15) is 0 Å². The molecule has 100 valence electrons. The fourth-order valence-electron chi connectivity index (χ4n) is 3.18. The van der Waals surface area contributed by atoms with Crippen molar-refractivity contribution in [2.75, 3.05) is 25.2 Å². The van der Waals surface area contributed by atoms with Gasteiger partial charge >= 0.3 is 0 Å². The van der Waals surface area contributed by atoms with Gasteiger partial charge in [0.15, 0.2) is 0 Å².